The van der Waals surface area contributed by atoms with E-state index >= 15 is 0 Å². The van der Waals surface area contributed by atoms with Crippen LogP contribution in [0, 0.1) is 0 Å². The number of nitrogens with zero attached hydrogens (tertiary/aromatic N) is 1. The number of aromatic nitrogens is 1. The number of H-pyrrole nitrogens is 1. The molecular weight excluding hydrogens is 270 g/mol. The third kappa shape index (κ3) is 1.01. The van der Waals surface area contributed by atoms with Crippen molar-refractivity contribution >= 4 is 27.8 Å². The minimum absolute atomic E-state index is 0.0129. The van der Waals surface area contributed by atoms with Gasteiger partial charge in [0.25, 0.3) is 0 Å². The van der Waals surface area contributed by atoms with Gasteiger partial charge in [-0.2, -0.15) is 0 Å². The second kappa shape index (κ2) is 3.01. The van der Waals surface area contributed by atoms with E-state index in [1.54, 1.807) is 0 Å². The summed E-state index contributed by atoms with van der Waals surface area (Å²) in [5.74, 6) is -0.131. The predicted molar refractivity (Wildman–Crippen MR) is 64.8 cm³/mol. The van der Waals surface area contributed by atoms with Gasteiger partial charge in [0.05, 0.1) is 17.4 Å². The lowest BCUT2D eigenvalue weighted by Gasteiger charge is -2.33. The Morgan fingerprint density at radius 3 is 3.06 bits per heavy atom. The molecule has 2 aliphatic rings. The van der Waals surface area contributed by atoms with Crippen molar-refractivity contribution in [3.05, 3.63) is 39.4 Å². The van der Waals surface area contributed by atoms with E-state index in [0.717, 1.165) is 15.6 Å². The van der Waals surface area contributed by atoms with Gasteiger partial charge in [0.2, 0.25) is 5.78 Å². The van der Waals surface area contributed by atoms with Crippen molar-refractivity contribution in [2.24, 2.45) is 5.73 Å². The van der Waals surface area contributed by atoms with Crippen molar-refractivity contribution in [2.75, 3.05) is 7.05 Å². The standard InChI is InChI=1S/C11H10BrN3O/c1-15-3-2-5-4-14-9-6(5)10(15)7(12)8(13)11(9)16/h2-4,10,14H,13H2,1H3. The zero-order valence-electron chi connectivity index (χ0n) is 8.62. The van der Waals surface area contributed by atoms with Crippen LogP contribution < -0.4 is 5.73 Å². The molecule has 1 aromatic heterocycles. The molecule has 0 bridgehead atoms. The summed E-state index contributed by atoms with van der Waals surface area (Å²) in [6.45, 7) is 0. The molecule has 3 N–H and O–H groups in total. The fourth-order valence-corrected chi connectivity index (χ4v) is 2.99. The number of carbonyl (C=O) groups excluding carboxylic acids is 1. The molecule has 0 radical (unpaired) electrons. The quantitative estimate of drug-likeness (QED) is 0.760. The Morgan fingerprint density at radius 2 is 2.31 bits per heavy atom. The second-order valence-corrected chi connectivity index (χ2v) is 4.86. The number of hydrogen-bond acceptors (Lipinski definition) is 3. The Kier molecular flexibility index (Phi) is 1.83. The first-order chi connectivity index (χ1) is 7.61. The monoisotopic (exact) mass is 279 g/mol. The number of allylic oxidation sites excluding steroid dienone is 1. The van der Waals surface area contributed by atoms with Crippen LogP contribution in [0.2, 0.25) is 0 Å². The molecule has 0 spiro atoms. The van der Waals surface area contributed by atoms with Crippen LogP contribution in [0.1, 0.15) is 27.7 Å². The minimum atomic E-state index is -0.131. The number of hydrogen-bond donors (Lipinski definition) is 2. The maximum atomic E-state index is 11.9. The SMILES string of the molecule is CN1C=Cc2c[nH]c3c2C1C(Br)=C(N)C3=O. The summed E-state index contributed by atoms with van der Waals surface area (Å²) in [4.78, 5) is 17.0. The number of aromatic amines is 1. The van der Waals surface area contributed by atoms with Crippen molar-refractivity contribution in [1.29, 1.82) is 0 Å². The van der Waals surface area contributed by atoms with E-state index in [9.17, 15) is 4.79 Å². The van der Waals surface area contributed by atoms with Gasteiger partial charge in [-0.1, -0.05) is 15.9 Å². The number of nitrogens with one attached hydrogen (secondary N) is 1. The highest BCUT2D eigenvalue weighted by molar-refractivity contribution is 9.11. The molecule has 1 aliphatic carbocycles. The molecule has 0 amide bonds. The summed E-state index contributed by atoms with van der Waals surface area (Å²) < 4.78 is 0.748. The van der Waals surface area contributed by atoms with E-state index in [1.807, 2.05) is 30.4 Å². The summed E-state index contributed by atoms with van der Waals surface area (Å²) in [7, 11) is 1.96. The van der Waals surface area contributed by atoms with Crippen LogP contribution in [0.4, 0.5) is 0 Å². The maximum Gasteiger partial charge on any atom is 0.226 e. The van der Waals surface area contributed by atoms with Gasteiger partial charge in [-0.15, -0.1) is 0 Å². The van der Waals surface area contributed by atoms with Crippen molar-refractivity contribution in [3.63, 3.8) is 0 Å². The van der Waals surface area contributed by atoms with Gasteiger partial charge in [0.15, 0.2) is 0 Å². The maximum absolute atomic E-state index is 11.9. The molecule has 82 valence electrons. The first-order valence-corrected chi connectivity index (χ1v) is 5.72. The van der Waals surface area contributed by atoms with Crippen LogP contribution in [0.15, 0.2) is 22.6 Å². The summed E-state index contributed by atoms with van der Waals surface area (Å²) in [5, 5.41) is 0. The number of likely N-dealkylation sites (N-methyl/N-ethyl adjacent to an activating group) is 1. The van der Waals surface area contributed by atoms with E-state index in [1.165, 1.54) is 0 Å². The highest BCUT2D eigenvalue weighted by atomic mass is 79.9. The normalized spacial score (nSPS) is 22.8. The third-order valence-electron chi connectivity index (χ3n) is 3.09. The highest BCUT2D eigenvalue weighted by Crippen LogP contribution is 2.43. The highest BCUT2D eigenvalue weighted by Gasteiger charge is 2.37. The zero-order valence-corrected chi connectivity index (χ0v) is 10.2. The largest absolute Gasteiger partial charge is 0.395 e. The molecule has 4 nitrogen and oxygen atoms in total. The van der Waals surface area contributed by atoms with Crippen molar-refractivity contribution in [2.45, 2.75) is 6.04 Å². The molecule has 1 aromatic rings. The fraction of sp³-hybridized carbons (Fsp3) is 0.182. The molecule has 16 heavy (non-hydrogen) atoms. The Morgan fingerprint density at radius 1 is 1.56 bits per heavy atom. The summed E-state index contributed by atoms with van der Waals surface area (Å²) in [6, 6.07) is 0.0129. The van der Waals surface area contributed by atoms with Gasteiger partial charge in [0.1, 0.15) is 0 Å². The van der Waals surface area contributed by atoms with Crippen LogP contribution in [0.5, 0.6) is 0 Å². The zero-order chi connectivity index (χ0) is 11.4. The molecule has 0 aromatic carbocycles. The minimum Gasteiger partial charge on any atom is -0.395 e. The molecule has 0 saturated carbocycles. The van der Waals surface area contributed by atoms with Gasteiger partial charge in [-0.25, -0.2) is 0 Å². The molecule has 1 aliphatic heterocycles. The molecule has 0 fully saturated rings. The summed E-state index contributed by atoms with van der Waals surface area (Å²) in [6.07, 6.45) is 5.81. The lowest BCUT2D eigenvalue weighted by Crippen LogP contribution is -2.31. The topological polar surface area (TPSA) is 62.1 Å². The number of nitrogens with two attached hydrogens (primary N) is 1. The van der Waals surface area contributed by atoms with Crippen molar-refractivity contribution in [3.8, 4) is 0 Å². The molecule has 2 heterocycles. The van der Waals surface area contributed by atoms with E-state index in [4.69, 9.17) is 5.73 Å². The van der Waals surface area contributed by atoms with E-state index < -0.39 is 0 Å². The first-order valence-electron chi connectivity index (χ1n) is 4.92. The number of rotatable bonds is 0. The lowest BCUT2D eigenvalue weighted by atomic mass is 9.90. The summed E-state index contributed by atoms with van der Waals surface area (Å²) >= 11 is 3.43. The summed E-state index contributed by atoms with van der Waals surface area (Å²) in [5.41, 5.74) is 8.77. The Bertz CT molecular complexity index is 556. The van der Waals surface area contributed by atoms with E-state index in [2.05, 4.69) is 20.9 Å². The van der Waals surface area contributed by atoms with Crippen molar-refractivity contribution < 1.29 is 4.79 Å². The van der Waals surface area contributed by atoms with Gasteiger partial charge in [-0.05, 0) is 11.6 Å². The molecular formula is C11H10BrN3O. The number of ketones is 1. The average molecular weight is 280 g/mol. The van der Waals surface area contributed by atoms with Crippen LogP contribution in [0.3, 0.4) is 0 Å². The first kappa shape index (κ1) is 9.72. The molecule has 1 atom stereocenters. The fourth-order valence-electron chi connectivity index (χ4n) is 2.25. The molecule has 0 saturated heterocycles. The molecule has 1 unspecified atom stereocenters. The Hall–Kier alpha value is -1.49. The van der Waals surface area contributed by atoms with Crippen molar-refractivity contribution in [1.82, 2.24) is 9.88 Å². The molecule has 3 rings (SSSR count). The number of Topliss-reactive ketones (excluding diaryl/α,β-unsaturated/α-hetero) is 1. The van der Waals surface area contributed by atoms with Crippen LogP contribution in [-0.4, -0.2) is 22.7 Å². The number of carbonyl (C=O) groups is 1. The van der Waals surface area contributed by atoms with Gasteiger partial charge < -0.3 is 15.6 Å². The predicted octanol–water partition coefficient (Wildman–Crippen LogP) is 1.73. The third-order valence-corrected chi connectivity index (χ3v) is 3.95. The van der Waals surface area contributed by atoms with E-state index in [-0.39, 0.29) is 17.5 Å². The van der Waals surface area contributed by atoms with Crippen LogP contribution in [0.25, 0.3) is 6.08 Å². The molecule has 5 heteroatoms. The van der Waals surface area contributed by atoms with Gasteiger partial charge in [0, 0.05) is 29.5 Å². The lowest BCUT2D eigenvalue weighted by molar-refractivity contribution is 0.102. The van der Waals surface area contributed by atoms with Crippen LogP contribution in [-0.2, 0) is 0 Å². The second-order valence-electron chi connectivity index (χ2n) is 4.01. The Labute approximate surface area is 101 Å². The number of halogens is 1. The van der Waals surface area contributed by atoms with Gasteiger partial charge in [-0.3, -0.25) is 4.79 Å². The van der Waals surface area contributed by atoms with Gasteiger partial charge >= 0.3 is 0 Å². The van der Waals surface area contributed by atoms with Crippen LogP contribution >= 0.6 is 15.9 Å². The Balaban J connectivity index is 2.33. The smallest absolute Gasteiger partial charge is 0.226 e. The van der Waals surface area contributed by atoms with E-state index in [0.29, 0.717) is 5.69 Å². The average Bonchev–Trinajstić information content (AvgIpc) is 2.68.